The van der Waals surface area contributed by atoms with Crippen LogP contribution in [-0.2, 0) is 15.0 Å². The maximum atomic E-state index is 13.1. The van der Waals surface area contributed by atoms with Gasteiger partial charge in [0.2, 0.25) is 5.91 Å². The monoisotopic (exact) mass is 572 g/mol. The average Bonchev–Trinajstić information content (AvgIpc) is 3.26. The number of halogens is 1. The van der Waals surface area contributed by atoms with Gasteiger partial charge in [0.25, 0.3) is 0 Å². The van der Waals surface area contributed by atoms with Crippen molar-refractivity contribution in [3.05, 3.63) is 69.4 Å². The lowest BCUT2D eigenvalue weighted by molar-refractivity contribution is -0.143. The molecule has 2 aliphatic rings. The lowest BCUT2D eigenvalue weighted by Gasteiger charge is -2.59. The molecule has 2 aromatic rings. The molecule has 1 saturated carbocycles. The van der Waals surface area contributed by atoms with Gasteiger partial charge in [0.05, 0.1) is 5.60 Å². The van der Waals surface area contributed by atoms with Crippen molar-refractivity contribution in [2.24, 2.45) is 0 Å². The van der Waals surface area contributed by atoms with E-state index in [0.29, 0.717) is 31.6 Å². The van der Waals surface area contributed by atoms with Crippen LogP contribution in [0, 0.1) is 0 Å². The van der Waals surface area contributed by atoms with Gasteiger partial charge in [-0.2, -0.15) is 0 Å². The Bertz CT molecular complexity index is 1160. The fourth-order valence-corrected chi connectivity index (χ4v) is 7.13. The van der Waals surface area contributed by atoms with Gasteiger partial charge in [0.1, 0.15) is 5.75 Å². The van der Waals surface area contributed by atoms with Crippen molar-refractivity contribution in [2.75, 3.05) is 26.7 Å². The molecule has 4 rings (SSSR count). The molecule has 0 spiro atoms. The Labute approximate surface area is 225 Å². The minimum absolute atomic E-state index is 0.0270. The third-order valence-electron chi connectivity index (χ3n) is 7.61. The van der Waals surface area contributed by atoms with E-state index in [1.165, 1.54) is 6.92 Å². The minimum Gasteiger partial charge on any atom is -0.427 e. The maximum absolute atomic E-state index is 13.1. The summed E-state index contributed by atoms with van der Waals surface area (Å²) < 4.78 is 6.38. The van der Waals surface area contributed by atoms with Crippen molar-refractivity contribution in [1.29, 1.82) is 0 Å². The molecule has 1 N–H and O–H groups in total. The van der Waals surface area contributed by atoms with Gasteiger partial charge in [0, 0.05) is 59.3 Å². The van der Waals surface area contributed by atoms with E-state index in [1.54, 1.807) is 23.5 Å². The molecule has 2 fully saturated rings. The molecule has 8 heteroatoms. The number of hydrogen-bond donors (Lipinski definition) is 1. The molecule has 1 amide bonds. The number of carbonyl (C=O) groups is 2. The Hall–Kier alpha value is -2.26. The number of likely N-dealkylation sites (tertiary alicyclic amines) is 1. The summed E-state index contributed by atoms with van der Waals surface area (Å²) in [6.45, 7) is 7.32. The SMILES string of the molecule is C=CCN1CC[C@@]2(c3cccc(OC(C)=O)c3)C[C@@H](N(C)C(=O)/C=C/c3cc(Br)cs3)CC[C@]2(O)C1. The van der Waals surface area contributed by atoms with Crippen molar-refractivity contribution in [2.45, 2.75) is 49.7 Å². The number of fused-ring (bicyclic) bond motifs is 1. The fourth-order valence-electron chi connectivity index (χ4n) is 5.79. The molecule has 2 heterocycles. The quantitative estimate of drug-likeness (QED) is 0.218. The van der Waals surface area contributed by atoms with Gasteiger partial charge in [-0.25, -0.2) is 0 Å². The third kappa shape index (κ3) is 5.52. The summed E-state index contributed by atoms with van der Waals surface area (Å²) in [5.74, 6) is 0.0434. The second kappa shape index (κ2) is 11.0. The van der Waals surface area contributed by atoms with E-state index in [0.717, 1.165) is 34.4 Å². The predicted octanol–water partition coefficient (Wildman–Crippen LogP) is 5.02. The minimum atomic E-state index is -0.970. The third-order valence-corrected chi connectivity index (χ3v) is 9.27. The number of rotatable bonds is 7. The predicted molar refractivity (Wildman–Crippen MR) is 147 cm³/mol. The van der Waals surface area contributed by atoms with E-state index in [9.17, 15) is 14.7 Å². The van der Waals surface area contributed by atoms with Crippen LogP contribution in [0.3, 0.4) is 0 Å². The van der Waals surface area contributed by atoms with Gasteiger partial charge < -0.3 is 14.7 Å². The summed E-state index contributed by atoms with van der Waals surface area (Å²) in [4.78, 5) is 29.8. The zero-order valence-electron chi connectivity index (χ0n) is 20.8. The second-order valence-corrected chi connectivity index (χ2v) is 11.7. The number of esters is 1. The van der Waals surface area contributed by atoms with Crippen molar-refractivity contribution >= 4 is 45.2 Å². The molecule has 0 bridgehead atoms. The summed E-state index contributed by atoms with van der Waals surface area (Å²) in [7, 11) is 1.85. The number of likely N-dealkylation sites (N-methyl/N-ethyl adjacent to an activating group) is 1. The van der Waals surface area contributed by atoms with E-state index in [4.69, 9.17) is 4.74 Å². The van der Waals surface area contributed by atoms with Crippen LogP contribution >= 0.6 is 27.3 Å². The van der Waals surface area contributed by atoms with E-state index >= 15 is 0 Å². The Balaban J connectivity index is 1.63. The van der Waals surface area contributed by atoms with Crippen LogP contribution in [0.15, 0.2) is 58.9 Å². The zero-order valence-corrected chi connectivity index (χ0v) is 23.2. The van der Waals surface area contributed by atoms with Crippen molar-refractivity contribution in [1.82, 2.24) is 9.80 Å². The largest absolute Gasteiger partial charge is 0.427 e. The Kier molecular flexibility index (Phi) is 8.19. The number of amides is 1. The lowest BCUT2D eigenvalue weighted by atomic mass is 9.55. The number of carbonyl (C=O) groups excluding carboxylic acids is 2. The number of ether oxygens (including phenoxy) is 1. The highest BCUT2D eigenvalue weighted by atomic mass is 79.9. The maximum Gasteiger partial charge on any atom is 0.308 e. The molecular formula is C28H33BrN2O4S. The number of β-amino-alcohol motifs (C(OH)–C–C–N with tert-alkyl or cyclic N) is 1. The van der Waals surface area contributed by atoms with E-state index in [1.807, 2.05) is 53.7 Å². The fraction of sp³-hybridized carbons (Fsp3) is 0.429. The highest BCUT2D eigenvalue weighted by molar-refractivity contribution is 9.10. The topological polar surface area (TPSA) is 70.1 Å². The summed E-state index contributed by atoms with van der Waals surface area (Å²) in [6.07, 6.45) is 7.99. The molecule has 36 heavy (non-hydrogen) atoms. The smallest absolute Gasteiger partial charge is 0.308 e. The van der Waals surface area contributed by atoms with Gasteiger partial charge in [-0.3, -0.25) is 14.5 Å². The molecule has 192 valence electrons. The molecule has 0 radical (unpaired) electrons. The van der Waals surface area contributed by atoms with Crippen LogP contribution in [-0.4, -0.2) is 65.1 Å². The molecule has 0 unspecified atom stereocenters. The van der Waals surface area contributed by atoms with Crippen LogP contribution in [0.4, 0.5) is 0 Å². The Morgan fingerprint density at radius 1 is 1.36 bits per heavy atom. The highest BCUT2D eigenvalue weighted by Crippen LogP contribution is 2.52. The zero-order chi connectivity index (χ0) is 25.9. The molecule has 3 atom stereocenters. The molecule has 1 aromatic heterocycles. The number of hydrogen-bond acceptors (Lipinski definition) is 6. The number of aliphatic hydroxyl groups is 1. The van der Waals surface area contributed by atoms with Crippen LogP contribution < -0.4 is 4.74 Å². The summed E-state index contributed by atoms with van der Waals surface area (Å²) in [6, 6.07) is 9.49. The first-order chi connectivity index (χ1) is 17.2. The molecular weight excluding hydrogens is 540 g/mol. The first kappa shape index (κ1) is 26.8. The first-order valence-electron chi connectivity index (χ1n) is 12.2. The van der Waals surface area contributed by atoms with Gasteiger partial charge in [-0.05, 0) is 78.0 Å². The van der Waals surface area contributed by atoms with Crippen molar-refractivity contribution in [3.8, 4) is 5.75 Å². The van der Waals surface area contributed by atoms with E-state index < -0.39 is 11.0 Å². The van der Waals surface area contributed by atoms with Crippen LogP contribution in [0.5, 0.6) is 5.75 Å². The van der Waals surface area contributed by atoms with Crippen molar-refractivity contribution < 1.29 is 19.4 Å². The van der Waals surface area contributed by atoms with E-state index in [-0.39, 0.29) is 17.9 Å². The van der Waals surface area contributed by atoms with Gasteiger partial charge in [0.15, 0.2) is 0 Å². The second-order valence-electron chi connectivity index (χ2n) is 9.86. The lowest BCUT2D eigenvalue weighted by Crippen LogP contribution is -2.67. The number of nitrogens with zero attached hydrogens (tertiary/aromatic N) is 2. The summed E-state index contributed by atoms with van der Waals surface area (Å²) >= 11 is 5.02. The van der Waals surface area contributed by atoms with Crippen LogP contribution in [0.25, 0.3) is 6.08 Å². The standard InChI is InChI=1S/C28H33BrN2O4S/c1-4-13-31-14-12-27(21-6-5-7-24(15-21)35-20(2)32)17-23(10-11-28(27,34)19-31)30(3)26(33)9-8-25-16-22(29)18-36-25/h4-9,15-16,18,23,34H,1,10-14,17,19H2,2-3H3/b9-8+/t23-,27-,28-/m0/s1. The molecule has 6 nitrogen and oxygen atoms in total. The summed E-state index contributed by atoms with van der Waals surface area (Å²) in [5, 5.41) is 14.1. The number of benzene rings is 1. The number of piperidine rings is 1. The molecule has 1 saturated heterocycles. The van der Waals surface area contributed by atoms with E-state index in [2.05, 4.69) is 27.4 Å². The highest BCUT2D eigenvalue weighted by Gasteiger charge is 2.58. The van der Waals surface area contributed by atoms with Gasteiger partial charge in [-0.15, -0.1) is 17.9 Å². The van der Waals surface area contributed by atoms with Gasteiger partial charge in [-0.1, -0.05) is 18.2 Å². The number of thiophene rings is 1. The van der Waals surface area contributed by atoms with Crippen LogP contribution in [0.2, 0.25) is 0 Å². The first-order valence-corrected chi connectivity index (χ1v) is 13.9. The van der Waals surface area contributed by atoms with Crippen LogP contribution in [0.1, 0.15) is 43.0 Å². The normalized spacial score (nSPS) is 26.4. The van der Waals surface area contributed by atoms with Crippen molar-refractivity contribution in [3.63, 3.8) is 0 Å². The van der Waals surface area contributed by atoms with Gasteiger partial charge >= 0.3 is 5.97 Å². The Morgan fingerprint density at radius 2 is 2.17 bits per heavy atom. The summed E-state index contributed by atoms with van der Waals surface area (Å²) in [5.41, 5.74) is -0.588. The molecule has 1 aliphatic carbocycles. The molecule has 1 aliphatic heterocycles. The Morgan fingerprint density at radius 3 is 2.86 bits per heavy atom. The molecule has 1 aromatic carbocycles. The average molecular weight is 574 g/mol.